The zero-order valence-corrected chi connectivity index (χ0v) is 60.7. The molecule has 0 atom stereocenters. The molecule has 0 radical (unpaired) electrons. The summed E-state index contributed by atoms with van der Waals surface area (Å²) >= 11 is 0. The van der Waals surface area contributed by atoms with Crippen molar-refractivity contribution >= 4 is 129 Å². The molecule has 0 aliphatic carbocycles. The zero-order valence-electron chi connectivity index (χ0n) is 60.7. The molecule has 0 saturated heterocycles. The average Bonchev–Trinajstić information content (AvgIpc) is 0.649. The summed E-state index contributed by atoms with van der Waals surface area (Å²) in [4.78, 5) is 0. The van der Waals surface area contributed by atoms with Crippen LogP contribution >= 0.6 is 0 Å². The van der Waals surface area contributed by atoms with E-state index in [2.05, 4.69) is 149 Å². The van der Waals surface area contributed by atoms with Crippen LogP contribution < -0.4 is 0 Å². The van der Waals surface area contributed by atoms with Gasteiger partial charge in [-0.25, -0.2) is 0 Å². The number of hydrogen-bond acceptors (Lipinski definition) is 0. The van der Waals surface area contributed by atoms with Crippen molar-refractivity contribution in [3.63, 3.8) is 0 Å². The molecule has 0 spiro atoms. The quantitative estimate of drug-likeness (QED) is 0.0203. The van der Waals surface area contributed by atoms with Crippen LogP contribution in [0.3, 0.4) is 0 Å². The smallest absolute Gasteiger partial charge is 0.0000374 e. The number of rotatable bonds is 44. The molecule has 0 heterocycles. The number of fused-ring (bicyclic) bond motifs is 18. The van der Waals surface area contributed by atoms with Gasteiger partial charge in [-0.3, -0.25) is 0 Å². The van der Waals surface area contributed by atoms with Gasteiger partial charge in [-0.05, 0) is 203 Å². The van der Waals surface area contributed by atoms with Gasteiger partial charge in [0.25, 0.3) is 0 Å². The maximum absolute atomic E-state index is 2.74. The fourth-order valence-electron chi connectivity index (χ4n) is 18.6. The Morgan fingerprint density at radius 2 is 0.385 bits per heavy atom. The molecule has 0 heteroatoms. The number of hydrogen-bond donors (Lipinski definition) is 0. The van der Waals surface area contributed by atoms with Crippen molar-refractivity contribution in [1.82, 2.24) is 0 Å². The van der Waals surface area contributed by atoms with Gasteiger partial charge in [-0.1, -0.05) is 380 Å². The van der Waals surface area contributed by atoms with Gasteiger partial charge in [-0.2, -0.15) is 0 Å². The van der Waals surface area contributed by atoms with E-state index in [0.717, 1.165) is 25.7 Å². The van der Waals surface area contributed by atoms with Gasteiger partial charge in [0.1, 0.15) is 0 Å². The van der Waals surface area contributed by atoms with E-state index in [1.807, 2.05) is 0 Å². The maximum atomic E-state index is 2.74. The highest BCUT2D eigenvalue weighted by molar-refractivity contribution is 6.61. The van der Waals surface area contributed by atoms with E-state index in [-0.39, 0.29) is 0 Å². The van der Waals surface area contributed by atoms with Crippen LogP contribution in [-0.2, 0) is 25.7 Å². The molecule has 0 fully saturated rings. The second-order valence-electron chi connectivity index (χ2n) is 30.8. The Kier molecular flexibility index (Phi) is 24.2. The monoisotopic (exact) mass is 1270 g/mol. The van der Waals surface area contributed by atoms with Crippen LogP contribution in [0.4, 0.5) is 0 Å². The van der Waals surface area contributed by atoms with Crippen molar-refractivity contribution in [2.24, 2.45) is 0 Å². The summed E-state index contributed by atoms with van der Waals surface area (Å²) in [5, 5.41) is 35.4. The molecule has 0 aliphatic heterocycles. The second-order valence-corrected chi connectivity index (χ2v) is 30.8. The first-order valence-electron chi connectivity index (χ1n) is 40.9. The first-order valence-corrected chi connectivity index (χ1v) is 40.9. The van der Waals surface area contributed by atoms with E-state index >= 15 is 0 Å². The van der Waals surface area contributed by atoms with Crippen LogP contribution in [0.5, 0.6) is 0 Å². The highest BCUT2D eigenvalue weighted by Crippen LogP contribution is 2.60. The molecule has 0 aliphatic rings. The third-order valence-corrected chi connectivity index (χ3v) is 23.7. The molecule has 0 bridgehead atoms. The zero-order chi connectivity index (χ0) is 65.4. The third-order valence-electron chi connectivity index (χ3n) is 23.7. The Labute approximate surface area is 579 Å². The number of aryl methyl sites for hydroxylation is 4. The van der Waals surface area contributed by atoms with Crippen LogP contribution in [0, 0.1) is 0 Å². The van der Waals surface area contributed by atoms with Gasteiger partial charge in [0.05, 0.1) is 0 Å². The minimum Gasteiger partial charge on any atom is -0.0654 e. The molecule has 0 aromatic heterocycles. The summed E-state index contributed by atoms with van der Waals surface area (Å²) < 4.78 is 0. The van der Waals surface area contributed by atoms with E-state index in [9.17, 15) is 0 Å². The van der Waals surface area contributed by atoms with Crippen LogP contribution in [0.1, 0.15) is 307 Å². The number of benzene rings is 13. The molecule has 13 aromatic carbocycles. The molecule has 13 rings (SSSR count). The Morgan fingerprint density at radius 3 is 0.708 bits per heavy atom. The Bertz CT molecular complexity index is 4600. The Morgan fingerprint density at radius 1 is 0.156 bits per heavy atom. The van der Waals surface area contributed by atoms with Crippen molar-refractivity contribution in [3.8, 4) is 0 Å². The summed E-state index contributed by atoms with van der Waals surface area (Å²) in [7, 11) is 0. The third kappa shape index (κ3) is 14.6. The molecular weight excluding hydrogens is 1150 g/mol. The van der Waals surface area contributed by atoms with Crippen LogP contribution in [0.2, 0.25) is 0 Å². The molecule has 0 amide bonds. The number of unbranched alkanes of at least 4 members (excludes halogenated alkanes) is 36. The van der Waals surface area contributed by atoms with Gasteiger partial charge in [0.2, 0.25) is 0 Å². The lowest BCUT2D eigenvalue weighted by atomic mass is 9.73. The van der Waals surface area contributed by atoms with Crippen molar-refractivity contribution in [3.05, 3.63) is 144 Å². The molecule has 0 saturated carbocycles. The van der Waals surface area contributed by atoms with Crippen LogP contribution in [-0.4, -0.2) is 0 Å². The van der Waals surface area contributed by atoms with Crippen molar-refractivity contribution < 1.29 is 0 Å². The van der Waals surface area contributed by atoms with Crippen LogP contribution in [0.25, 0.3) is 129 Å². The predicted molar refractivity (Wildman–Crippen MR) is 432 cm³/mol. The summed E-state index contributed by atoms with van der Waals surface area (Å²) in [5.74, 6) is 0. The largest absolute Gasteiger partial charge is 0.0654 e. The Balaban J connectivity index is 1.02. The lowest BCUT2D eigenvalue weighted by Crippen LogP contribution is -2.01. The molecular formula is C96H120. The van der Waals surface area contributed by atoms with Crippen molar-refractivity contribution in [2.45, 2.75) is 310 Å². The van der Waals surface area contributed by atoms with E-state index in [0.29, 0.717) is 0 Å². The molecule has 96 heavy (non-hydrogen) atoms. The second kappa shape index (κ2) is 34.0. The summed E-state index contributed by atoms with van der Waals surface area (Å²) in [6, 6.07) is 50.8. The van der Waals surface area contributed by atoms with Gasteiger partial charge in [0.15, 0.2) is 0 Å². The highest BCUT2D eigenvalue weighted by atomic mass is 14.3. The van der Waals surface area contributed by atoms with Gasteiger partial charge in [0, 0.05) is 0 Å². The molecule has 0 nitrogen and oxygen atoms in total. The van der Waals surface area contributed by atoms with Gasteiger partial charge < -0.3 is 0 Å². The van der Waals surface area contributed by atoms with E-state index in [4.69, 9.17) is 0 Å². The standard InChI is InChI=1S/C96H120/c1-5-9-13-17-21-25-29-33-37-41-50-69-60-63-77-81(66-69)89-82-67-70(51-42-38-34-30-26-22-18-14-10-6-2)61-64-78(82)87-80-59-49-54-72(53-44-40-36-32-28-24-20-16-12-8-4)84(80)90-79-65-62-71(52-43-39-35-31-27-23-19-15-11-7-3)68-83(79)88-76-58-48-47-57-75(76)85-73-55-45-46-56-74(73)86(77)92-91(85)94(88)96(90)93(87)95(89)92/h45-49,54-68H,5-44,50-53H2,1-4H3. The summed E-state index contributed by atoms with van der Waals surface area (Å²) in [6.07, 6.45) is 59.1. The molecule has 0 unspecified atom stereocenters. The molecule has 13 aromatic rings. The summed E-state index contributed by atoms with van der Waals surface area (Å²) in [5.41, 5.74) is 6.08. The lowest BCUT2D eigenvalue weighted by Gasteiger charge is -2.29. The fraction of sp³-hybridized carbons (Fsp3) is 0.500. The van der Waals surface area contributed by atoms with Gasteiger partial charge in [-0.15, -0.1) is 0 Å². The van der Waals surface area contributed by atoms with Crippen LogP contribution in [0.15, 0.2) is 121 Å². The van der Waals surface area contributed by atoms with Gasteiger partial charge >= 0.3 is 0 Å². The first-order chi connectivity index (χ1) is 47.6. The SMILES string of the molecule is CCCCCCCCCCCCc1ccc2c(c1)c1c3cc(CCCCCCCCCCCC)ccc3c3c4cccc(CCCCCCCCCCCC)c4c4c5ccc(CCCCCCCCCCCC)cc5c5c6ccccc6c6c7ccccc7c2c2c6c5c4c3c12. The minimum absolute atomic E-state index is 1.12. The predicted octanol–water partition coefficient (Wildman–Crippen LogP) is 31.7. The normalized spacial score (nSPS) is 12.5. The lowest BCUT2D eigenvalue weighted by molar-refractivity contribution is 0.556. The average molecular weight is 1270 g/mol. The van der Waals surface area contributed by atoms with E-state index in [1.165, 1.54) is 403 Å². The molecule has 504 valence electrons. The highest BCUT2D eigenvalue weighted by Gasteiger charge is 2.31. The van der Waals surface area contributed by atoms with E-state index in [1.54, 1.807) is 5.56 Å². The Hall–Kier alpha value is -6.24. The maximum Gasteiger partial charge on any atom is -0.0000374 e. The van der Waals surface area contributed by atoms with Crippen molar-refractivity contribution in [2.75, 3.05) is 0 Å². The van der Waals surface area contributed by atoms with Crippen molar-refractivity contribution in [1.29, 1.82) is 0 Å². The topological polar surface area (TPSA) is 0 Å². The fourth-order valence-corrected chi connectivity index (χ4v) is 18.6. The molecule has 0 N–H and O–H groups in total. The summed E-state index contributed by atoms with van der Waals surface area (Å²) in [6.45, 7) is 9.34. The first kappa shape index (κ1) is 68.3. The minimum atomic E-state index is 1.12. The van der Waals surface area contributed by atoms with E-state index < -0.39 is 0 Å².